The van der Waals surface area contributed by atoms with Crippen LogP contribution in [0.15, 0.2) is 54.9 Å². The van der Waals surface area contributed by atoms with Gasteiger partial charge in [-0.1, -0.05) is 30.3 Å². The second-order valence-electron chi connectivity index (χ2n) is 4.99. The molecule has 2 aromatic rings. The predicted molar refractivity (Wildman–Crippen MR) is 80.8 cm³/mol. The first-order valence-corrected chi connectivity index (χ1v) is 6.87. The number of rotatable bonds is 6. The van der Waals surface area contributed by atoms with Crippen molar-refractivity contribution >= 4 is 5.78 Å². The summed E-state index contributed by atoms with van der Waals surface area (Å²) in [6.07, 6.45) is 4.52. The number of Topliss-reactive ketones (excluding diaryl/α,β-unsaturated/α-hetero) is 1. The van der Waals surface area contributed by atoms with Crippen molar-refractivity contribution in [2.75, 3.05) is 13.6 Å². The summed E-state index contributed by atoms with van der Waals surface area (Å²) in [4.78, 5) is 18.4. The Bertz CT molecular complexity index is 539. The zero-order valence-corrected chi connectivity index (χ0v) is 12.0. The number of benzene rings is 1. The molecular weight excluding hydrogens is 248 g/mol. The van der Waals surface area contributed by atoms with E-state index in [2.05, 4.69) is 9.88 Å². The van der Waals surface area contributed by atoms with Gasteiger partial charge in [0, 0.05) is 24.5 Å². The lowest BCUT2D eigenvalue weighted by Gasteiger charge is -2.23. The molecule has 0 N–H and O–H groups in total. The molecule has 3 nitrogen and oxygen atoms in total. The van der Waals surface area contributed by atoms with Crippen molar-refractivity contribution in [1.82, 2.24) is 9.88 Å². The van der Waals surface area contributed by atoms with E-state index in [1.807, 2.05) is 56.4 Å². The maximum atomic E-state index is 12.3. The predicted octanol–water partition coefficient (Wildman–Crippen LogP) is 2.83. The fourth-order valence-electron chi connectivity index (χ4n) is 2.09. The Balaban J connectivity index is 1.92. The van der Waals surface area contributed by atoms with Crippen LogP contribution < -0.4 is 0 Å². The lowest BCUT2D eigenvalue weighted by Crippen LogP contribution is -2.37. The second-order valence-corrected chi connectivity index (χ2v) is 4.99. The first-order chi connectivity index (χ1) is 9.68. The van der Waals surface area contributed by atoms with Crippen LogP contribution in [0.3, 0.4) is 0 Å². The number of carbonyl (C=O) groups is 1. The molecule has 1 aromatic heterocycles. The monoisotopic (exact) mass is 268 g/mol. The Labute approximate surface area is 120 Å². The van der Waals surface area contributed by atoms with Crippen molar-refractivity contribution in [3.05, 3.63) is 66.0 Å². The van der Waals surface area contributed by atoms with Gasteiger partial charge in [-0.3, -0.25) is 14.7 Å². The van der Waals surface area contributed by atoms with Crippen LogP contribution in [-0.4, -0.2) is 35.3 Å². The highest BCUT2D eigenvalue weighted by molar-refractivity contribution is 5.99. The van der Waals surface area contributed by atoms with Gasteiger partial charge in [-0.15, -0.1) is 0 Å². The van der Waals surface area contributed by atoms with Crippen molar-refractivity contribution in [1.29, 1.82) is 0 Å². The summed E-state index contributed by atoms with van der Waals surface area (Å²) in [6, 6.07) is 13.4. The summed E-state index contributed by atoms with van der Waals surface area (Å²) < 4.78 is 0. The first-order valence-electron chi connectivity index (χ1n) is 6.87. The maximum absolute atomic E-state index is 12.3. The molecule has 1 aromatic carbocycles. The maximum Gasteiger partial charge on any atom is 0.179 e. The van der Waals surface area contributed by atoms with Crippen LogP contribution in [0.5, 0.6) is 0 Å². The van der Waals surface area contributed by atoms with Crippen molar-refractivity contribution in [3.63, 3.8) is 0 Å². The molecular formula is C17H20N2O. The van der Waals surface area contributed by atoms with E-state index < -0.39 is 0 Å². The fraction of sp³-hybridized carbons (Fsp3) is 0.294. The van der Waals surface area contributed by atoms with Crippen molar-refractivity contribution in [2.45, 2.75) is 19.4 Å². The van der Waals surface area contributed by atoms with Gasteiger partial charge in [0.2, 0.25) is 0 Å². The van der Waals surface area contributed by atoms with Crippen LogP contribution in [0.4, 0.5) is 0 Å². The van der Waals surface area contributed by atoms with E-state index >= 15 is 0 Å². The van der Waals surface area contributed by atoms with Crippen LogP contribution in [0.1, 0.15) is 22.8 Å². The smallest absolute Gasteiger partial charge is 0.179 e. The second kappa shape index (κ2) is 6.96. The normalized spacial score (nSPS) is 12.3. The standard InChI is InChI=1S/C17H20N2O/c1-14(17(20)16-6-4-3-5-7-16)19(2)13-10-15-8-11-18-12-9-15/h3-9,11-12,14H,10,13H2,1-2H3. The molecule has 0 aliphatic carbocycles. The summed E-state index contributed by atoms with van der Waals surface area (Å²) in [5, 5.41) is 0. The summed E-state index contributed by atoms with van der Waals surface area (Å²) in [5.41, 5.74) is 2.02. The Kier molecular flexibility index (Phi) is 5.02. The average Bonchev–Trinajstić information content (AvgIpc) is 2.53. The topological polar surface area (TPSA) is 33.2 Å². The summed E-state index contributed by atoms with van der Waals surface area (Å²) in [6.45, 7) is 2.81. The summed E-state index contributed by atoms with van der Waals surface area (Å²) >= 11 is 0. The minimum atomic E-state index is -0.112. The number of ketones is 1. The number of hydrogen-bond acceptors (Lipinski definition) is 3. The molecule has 0 aliphatic rings. The van der Waals surface area contributed by atoms with Gasteiger partial charge in [0.05, 0.1) is 6.04 Å². The van der Waals surface area contributed by atoms with E-state index in [0.29, 0.717) is 0 Å². The molecule has 0 saturated carbocycles. The van der Waals surface area contributed by atoms with Crippen LogP contribution >= 0.6 is 0 Å². The van der Waals surface area contributed by atoms with Gasteiger partial charge in [-0.2, -0.15) is 0 Å². The molecule has 0 radical (unpaired) electrons. The molecule has 0 amide bonds. The quantitative estimate of drug-likeness (QED) is 0.755. The molecule has 1 unspecified atom stereocenters. The van der Waals surface area contributed by atoms with Crippen LogP contribution in [-0.2, 0) is 6.42 Å². The number of pyridine rings is 1. The van der Waals surface area contributed by atoms with Gasteiger partial charge >= 0.3 is 0 Å². The zero-order chi connectivity index (χ0) is 14.4. The van der Waals surface area contributed by atoms with Crippen molar-refractivity contribution in [2.24, 2.45) is 0 Å². The average molecular weight is 268 g/mol. The Morgan fingerprint density at radius 1 is 1.15 bits per heavy atom. The van der Waals surface area contributed by atoms with E-state index in [1.54, 1.807) is 12.4 Å². The molecule has 0 saturated heterocycles. The highest BCUT2D eigenvalue weighted by Crippen LogP contribution is 2.09. The highest BCUT2D eigenvalue weighted by Gasteiger charge is 2.18. The molecule has 0 aliphatic heterocycles. The van der Waals surface area contributed by atoms with Gasteiger partial charge in [-0.05, 0) is 38.1 Å². The SMILES string of the molecule is CC(C(=O)c1ccccc1)N(C)CCc1ccncc1. The van der Waals surface area contributed by atoms with Gasteiger partial charge in [0.15, 0.2) is 5.78 Å². The highest BCUT2D eigenvalue weighted by atomic mass is 16.1. The fourth-order valence-corrected chi connectivity index (χ4v) is 2.09. The largest absolute Gasteiger partial charge is 0.296 e. The third kappa shape index (κ3) is 3.75. The minimum Gasteiger partial charge on any atom is -0.296 e. The van der Waals surface area contributed by atoms with Crippen LogP contribution in [0.25, 0.3) is 0 Å². The van der Waals surface area contributed by atoms with Gasteiger partial charge < -0.3 is 0 Å². The van der Waals surface area contributed by atoms with E-state index in [0.717, 1.165) is 18.5 Å². The third-order valence-corrected chi connectivity index (χ3v) is 3.60. The van der Waals surface area contributed by atoms with Crippen LogP contribution in [0.2, 0.25) is 0 Å². The number of hydrogen-bond donors (Lipinski definition) is 0. The Morgan fingerprint density at radius 2 is 1.80 bits per heavy atom. The van der Waals surface area contributed by atoms with Gasteiger partial charge in [-0.25, -0.2) is 0 Å². The van der Waals surface area contributed by atoms with Gasteiger partial charge in [0.25, 0.3) is 0 Å². The van der Waals surface area contributed by atoms with Crippen LogP contribution in [0, 0.1) is 0 Å². The summed E-state index contributed by atoms with van der Waals surface area (Å²) in [7, 11) is 1.99. The van der Waals surface area contributed by atoms with E-state index in [1.165, 1.54) is 5.56 Å². The lowest BCUT2D eigenvalue weighted by molar-refractivity contribution is 0.0870. The molecule has 0 bridgehead atoms. The number of nitrogens with zero attached hydrogens (tertiary/aromatic N) is 2. The summed E-state index contributed by atoms with van der Waals surface area (Å²) in [5.74, 6) is 0.169. The molecule has 1 heterocycles. The Hall–Kier alpha value is -2.00. The number of carbonyl (C=O) groups excluding carboxylic acids is 1. The molecule has 3 heteroatoms. The number of likely N-dealkylation sites (N-methyl/N-ethyl adjacent to an activating group) is 1. The molecule has 1 atom stereocenters. The van der Waals surface area contributed by atoms with Gasteiger partial charge in [0.1, 0.15) is 0 Å². The zero-order valence-electron chi connectivity index (χ0n) is 12.0. The van der Waals surface area contributed by atoms with E-state index in [9.17, 15) is 4.79 Å². The van der Waals surface area contributed by atoms with Crippen molar-refractivity contribution < 1.29 is 4.79 Å². The van der Waals surface area contributed by atoms with E-state index in [4.69, 9.17) is 0 Å². The third-order valence-electron chi connectivity index (χ3n) is 3.60. The molecule has 2 rings (SSSR count). The number of aromatic nitrogens is 1. The lowest BCUT2D eigenvalue weighted by atomic mass is 10.0. The van der Waals surface area contributed by atoms with E-state index in [-0.39, 0.29) is 11.8 Å². The minimum absolute atomic E-state index is 0.112. The van der Waals surface area contributed by atoms with Crippen molar-refractivity contribution in [3.8, 4) is 0 Å². The molecule has 20 heavy (non-hydrogen) atoms. The molecule has 0 fully saturated rings. The first kappa shape index (κ1) is 14.4. The molecule has 0 spiro atoms. The molecule has 104 valence electrons. The Morgan fingerprint density at radius 3 is 2.45 bits per heavy atom.